The van der Waals surface area contributed by atoms with Crippen molar-refractivity contribution >= 4 is 17.6 Å². The number of anilines is 1. The molecule has 0 aliphatic heterocycles. The smallest absolute Gasteiger partial charge is 0.316 e. The molecule has 0 heterocycles. The van der Waals surface area contributed by atoms with Crippen molar-refractivity contribution in [3.05, 3.63) is 23.8 Å². The molecule has 0 saturated carbocycles. The number of hydrogen-bond donors (Lipinski definition) is 2. The van der Waals surface area contributed by atoms with Crippen molar-refractivity contribution in [2.75, 3.05) is 12.4 Å². The predicted molar refractivity (Wildman–Crippen MR) is 76.9 cm³/mol. The van der Waals surface area contributed by atoms with Crippen LogP contribution in [0.25, 0.3) is 0 Å². The Morgan fingerprint density at radius 3 is 2.30 bits per heavy atom. The Bertz CT molecular complexity index is 517. The van der Waals surface area contributed by atoms with Crippen molar-refractivity contribution in [2.24, 2.45) is 11.3 Å². The molecule has 0 bridgehead atoms. The number of rotatable bonds is 4. The zero-order chi connectivity index (χ0) is 15.5. The summed E-state index contributed by atoms with van der Waals surface area (Å²) < 4.78 is 5.14. The third kappa shape index (κ3) is 3.73. The van der Waals surface area contributed by atoms with Crippen molar-refractivity contribution in [2.45, 2.75) is 27.7 Å². The monoisotopic (exact) mass is 279 g/mol. The number of hydrogen-bond acceptors (Lipinski definition) is 3. The maximum Gasteiger partial charge on any atom is 0.316 e. The Balaban J connectivity index is 2.94. The van der Waals surface area contributed by atoms with Crippen molar-refractivity contribution in [1.82, 2.24) is 0 Å². The average Bonchev–Trinajstić information content (AvgIpc) is 2.26. The Hall–Kier alpha value is -2.04. The molecule has 0 saturated heterocycles. The third-order valence-electron chi connectivity index (χ3n) is 3.04. The predicted octanol–water partition coefficient (Wildman–Crippen LogP) is 2.69. The fraction of sp³-hybridized carbons (Fsp3) is 0.467. The zero-order valence-electron chi connectivity index (χ0n) is 12.5. The summed E-state index contributed by atoms with van der Waals surface area (Å²) in [5.41, 5.74) is 0.772. The number of amides is 1. The van der Waals surface area contributed by atoms with Crippen LogP contribution in [0.1, 0.15) is 26.3 Å². The van der Waals surface area contributed by atoms with Crippen LogP contribution in [-0.2, 0) is 9.59 Å². The van der Waals surface area contributed by atoms with Gasteiger partial charge in [-0.3, -0.25) is 9.59 Å². The van der Waals surface area contributed by atoms with Crippen LogP contribution in [0.4, 0.5) is 5.69 Å². The number of carboxylic acid groups (broad SMARTS) is 1. The standard InChI is InChI=1S/C15H21NO4/c1-9-8-10(6-7-11(9)20-5)16-13(17)12(14(18)19)15(2,3)4/h6-8,12H,1-5H3,(H,16,17)(H,18,19). The van der Waals surface area contributed by atoms with E-state index in [1.54, 1.807) is 46.1 Å². The summed E-state index contributed by atoms with van der Waals surface area (Å²) >= 11 is 0. The van der Waals surface area contributed by atoms with Gasteiger partial charge in [-0.25, -0.2) is 0 Å². The summed E-state index contributed by atoms with van der Waals surface area (Å²) in [6.45, 7) is 7.03. The minimum Gasteiger partial charge on any atom is -0.496 e. The fourth-order valence-corrected chi connectivity index (χ4v) is 2.05. The molecule has 1 rings (SSSR count). The first kappa shape index (κ1) is 16.0. The van der Waals surface area contributed by atoms with E-state index in [1.165, 1.54) is 0 Å². The quantitative estimate of drug-likeness (QED) is 0.831. The average molecular weight is 279 g/mol. The van der Waals surface area contributed by atoms with Crippen LogP contribution >= 0.6 is 0 Å². The number of nitrogens with one attached hydrogen (secondary N) is 1. The minimum absolute atomic E-state index is 0.519. The molecule has 1 aromatic carbocycles. The highest BCUT2D eigenvalue weighted by atomic mass is 16.5. The first-order valence-electron chi connectivity index (χ1n) is 6.35. The molecular weight excluding hydrogens is 258 g/mol. The molecule has 0 aromatic heterocycles. The second-order valence-corrected chi connectivity index (χ2v) is 5.81. The first-order valence-corrected chi connectivity index (χ1v) is 6.35. The molecule has 1 aromatic rings. The number of carboxylic acids is 1. The van der Waals surface area contributed by atoms with E-state index in [2.05, 4.69) is 5.32 Å². The molecule has 1 amide bonds. The second-order valence-electron chi connectivity index (χ2n) is 5.81. The molecular formula is C15H21NO4. The van der Waals surface area contributed by atoms with Crippen LogP contribution < -0.4 is 10.1 Å². The molecule has 5 nitrogen and oxygen atoms in total. The van der Waals surface area contributed by atoms with Crippen molar-refractivity contribution in [3.8, 4) is 5.75 Å². The summed E-state index contributed by atoms with van der Waals surface area (Å²) in [5, 5.41) is 11.9. The van der Waals surface area contributed by atoms with E-state index in [0.717, 1.165) is 5.56 Å². The summed E-state index contributed by atoms with van der Waals surface area (Å²) in [4.78, 5) is 23.4. The van der Waals surface area contributed by atoms with Crippen LogP contribution in [0, 0.1) is 18.3 Å². The van der Waals surface area contributed by atoms with Gasteiger partial charge in [0, 0.05) is 5.69 Å². The molecule has 5 heteroatoms. The molecule has 0 aliphatic rings. The number of aryl methyl sites for hydroxylation is 1. The lowest BCUT2D eigenvalue weighted by Crippen LogP contribution is -2.39. The van der Waals surface area contributed by atoms with Gasteiger partial charge < -0.3 is 15.2 Å². The van der Waals surface area contributed by atoms with Gasteiger partial charge in [0.15, 0.2) is 0 Å². The number of benzene rings is 1. The van der Waals surface area contributed by atoms with Crippen LogP contribution in [0.2, 0.25) is 0 Å². The molecule has 110 valence electrons. The Morgan fingerprint density at radius 2 is 1.90 bits per heavy atom. The van der Waals surface area contributed by atoms with Crippen molar-refractivity contribution in [3.63, 3.8) is 0 Å². The molecule has 0 fully saturated rings. The lowest BCUT2D eigenvalue weighted by atomic mass is 9.80. The van der Waals surface area contributed by atoms with Gasteiger partial charge in [0.25, 0.3) is 0 Å². The highest BCUT2D eigenvalue weighted by Crippen LogP contribution is 2.28. The topological polar surface area (TPSA) is 75.6 Å². The van der Waals surface area contributed by atoms with E-state index in [0.29, 0.717) is 11.4 Å². The van der Waals surface area contributed by atoms with Gasteiger partial charge in [-0.05, 0) is 36.1 Å². The maximum absolute atomic E-state index is 12.1. The lowest BCUT2D eigenvalue weighted by Gasteiger charge is -2.26. The highest BCUT2D eigenvalue weighted by molar-refractivity contribution is 6.04. The van der Waals surface area contributed by atoms with E-state index in [9.17, 15) is 14.7 Å². The van der Waals surface area contributed by atoms with Gasteiger partial charge in [0.2, 0.25) is 5.91 Å². The second kappa shape index (κ2) is 5.94. The van der Waals surface area contributed by atoms with Crippen molar-refractivity contribution in [1.29, 1.82) is 0 Å². The maximum atomic E-state index is 12.1. The van der Waals surface area contributed by atoms with E-state index in [1.807, 2.05) is 6.92 Å². The van der Waals surface area contributed by atoms with Crippen LogP contribution in [0.15, 0.2) is 18.2 Å². The summed E-state index contributed by atoms with van der Waals surface area (Å²) in [7, 11) is 1.57. The normalized spacial score (nSPS) is 12.7. The molecule has 0 aliphatic carbocycles. The van der Waals surface area contributed by atoms with Gasteiger partial charge in [-0.1, -0.05) is 20.8 Å². The molecule has 1 unspecified atom stereocenters. The SMILES string of the molecule is COc1ccc(NC(=O)C(C(=O)O)C(C)(C)C)cc1C. The molecule has 2 N–H and O–H groups in total. The molecule has 20 heavy (non-hydrogen) atoms. The molecule has 0 radical (unpaired) electrons. The van der Waals surface area contributed by atoms with Gasteiger partial charge in [0.1, 0.15) is 11.7 Å². The Morgan fingerprint density at radius 1 is 1.30 bits per heavy atom. The van der Waals surface area contributed by atoms with E-state index >= 15 is 0 Å². The number of methoxy groups -OCH3 is 1. The summed E-state index contributed by atoms with van der Waals surface area (Å²) in [6.07, 6.45) is 0. The number of ether oxygens (including phenoxy) is 1. The van der Waals surface area contributed by atoms with Gasteiger partial charge in [-0.15, -0.1) is 0 Å². The van der Waals surface area contributed by atoms with Crippen LogP contribution in [-0.4, -0.2) is 24.1 Å². The van der Waals surface area contributed by atoms with Crippen LogP contribution in [0.3, 0.4) is 0 Å². The van der Waals surface area contributed by atoms with Crippen molar-refractivity contribution < 1.29 is 19.4 Å². The van der Waals surface area contributed by atoms with Gasteiger partial charge >= 0.3 is 5.97 Å². The zero-order valence-corrected chi connectivity index (χ0v) is 12.5. The highest BCUT2D eigenvalue weighted by Gasteiger charge is 2.37. The minimum atomic E-state index is -1.12. The lowest BCUT2D eigenvalue weighted by molar-refractivity contribution is -0.149. The third-order valence-corrected chi connectivity index (χ3v) is 3.04. The Labute approximate surface area is 118 Å². The largest absolute Gasteiger partial charge is 0.496 e. The number of carbonyl (C=O) groups excluding carboxylic acids is 1. The summed E-state index contributed by atoms with van der Waals surface area (Å²) in [5.74, 6) is -2.03. The van der Waals surface area contributed by atoms with E-state index in [-0.39, 0.29) is 0 Å². The Kier molecular flexibility index (Phi) is 4.76. The van der Waals surface area contributed by atoms with Gasteiger partial charge in [0.05, 0.1) is 7.11 Å². The first-order chi connectivity index (χ1) is 9.16. The number of carbonyl (C=O) groups is 2. The fourth-order valence-electron chi connectivity index (χ4n) is 2.05. The van der Waals surface area contributed by atoms with E-state index < -0.39 is 23.2 Å². The number of aliphatic carboxylic acids is 1. The van der Waals surface area contributed by atoms with E-state index in [4.69, 9.17) is 4.74 Å². The van der Waals surface area contributed by atoms with Crippen LogP contribution in [0.5, 0.6) is 5.75 Å². The van der Waals surface area contributed by atoms with Gasteiger partial charge in [-0.2, -0.15) is 0 Å². The molecule has 1 atom stereocenters. The molecule has 0 spiro atoms. The summed E-state index contributed by atoms with van der Waals surface area (Å²) in [6, 6.07) is 5.17.